The first-order valence-electron chi connectivity index (χ1n) is 5.08. The molecular formula is C11H16N2O3. The summed E-state index contributed by atoms with van der Waals surface area (Å²) in [4.78, 5) is 15.4. The van der Waals surface area contributed by atoms with Gasteiger partial charge in [0, 0.05) is 0 Å². The summed E-state index contributed by atoms with van der Waals surface area (Å²) in [6.45, 7) is 1.83. The minimum absolute atomic E-state index is 0.0278. The van der Waals surface area contributed by atoms with Crippen LogP contribution in [0.15, 0.2) is 24.3 Å². The number of nitrogens with one attached hydrogen (secondary N) is 1. The highest BCUT2D eigenvalue weighted by Gasteiger charge is 2.09. The van der Waals surface area contributed by atoms with E-state index in [2.05, 4.69) is 5.48 Å². The minimum Gasteiger partial charge on any atom is -0.508 e. The number of amides is 1. The van der Waals surface area contributed by atoms with Crippen LogP contribution in [0.25, 0.3) is 0 Å². The van der Waals surface area contributed by atoms with Crippen molar-refractivity contribution in [2.24, 2.45) is 5.73 Å². The van der Waals surface area contributed by atoms with Gasteiger partial charge in [-0.25, -0.2) is 0 Å². The number of primary amides is 1. The Labute approximate surface area is 94.2 Å². The molecule has 0 heterocycles. The lowest BCUT2D eigenvalue weighted by Crippen LogP contribution is -2.27. The maximum absolute atomic E-state index is 10.5. The van der Waals surface area contributed by atoms with Crippen LogP contribution in [0.5, 0.6) is 5.75 Å². The second kappa shape index (κ2) is 6.09. The Hall–Kier alpha value is -1.59. The van der Waals surface area contributed by atoms with Gasteiger partial charge < -0.3 is 10.8 Å². The summed E-state index contributed by atoms with van der Waals surface area (Å²) in [7, 11) is 0. The summed E-state index contributed by atoms with van der Waals surface area (Å²) < 4.78 is 0. The topological polar surface area (TPSA) is 84.6 Å². The smallest absolute Gasteiger partial charge is 0.245 e. The van der Waals surface area contributed by atoms with Gasteiger partial charge in [-0.05, 0) is 24.1 Å². The number of rotatable bonds is 6. The fourth-order valence-electron chi connectivity index (χ4n) is 1.31. The first-order valence-corrected chi connectivity index (χ1v) is 5.08. The normalized spacial score (nSPS) is 12.3. The highest BCUT2D eigenvalue weighted by atomic mass is 16.6. The van der Waals surface area contributed by atoms with Gasteiger partial charge in [-0.2, -0.15) is 5.48 Å². The number of hydroxylamine groups is 1. The summed E-state index contributed by atoms with van der Waals surface area (Å²) in [5.41, 5.74) is 8.67. The van der Waals surface area contributed by atoms with E-state index >= 15 is 0 Å². The molecule has 88 valence electrons. The molecule has 1 amide bonds. The number of phenols is 1. The van der Waals surface area contributed by atoms with E-state index in [0.717, 1.165) is 12.0 Å². The monoisotopic (exact) mass is 224 g/mol. The van der Waals surface area contributed by atoms with Gasteiger partial charge in [0.2, 0.25) is 5.91 Å². The van der Waals surface area contributed by atoms with Gasteiger partial charge >= 0.3 is 0 Å². The summed E-state index contributed by atoms with van der Waals surface area (Å²) in [5.74, 6) is -0.301. The Kier molecular flexibility index (Phi) is 4.75. The number of carbonyl (C=O) groups is 1. The van der Waals surface area contributed by atoms with Crippen LogP contribution in [0.1, 0.15) is 24.9 Å². The molecule has 5 nitrogen and oxygen atoms in total. The van der Waals surface area contributed by atoms with Crippen LogP contribution in [0.2, 0.25) is 0 Å². The highest BCUT2D eigenvalue weighted by Crippen LogP contribution is 2.19. The zero-order valence-corrected chi connectivity index (χ0v) is 9.14. The van der Waals surface area contributed by atoms with E-state index in [1.54, 1.807) is 24.3 Å². The number of carbonyl (C=O) groups excluding carboxylic acids is 1. The van der Waals surface area contributed by atoms with Crippen molar-refractivity contribution < 1.29 is 14.7 Å². The van der Waals surface area contributed by atoms with E-state index in [4.69, 9.17) is 15.7 Å². The third kappa shape index (κ3) is 3.88. The molecule has 0 bridgehead atoms. The van der Waals surface area contributed by atoms with Crippen LogP contribution in [0.4, 0.5) is 0 Å². The molecule has 4 N–H and O–H groups in total. The first-order chi connectivity index (χ1) is 7.63. The van der Waals surface area contributed by atoms with Gasteiger partial charge in [0.1, 0.15) is 12.4 Å². The fraction of sp³-hybridized carbons (Fsp3) is 0.364. The lowest BCUT2D eigenvalue weighted by Gasteiger charge is -2.16. The molecule has 0 saturated carbocycles. The van der Waals surface area contributed by atoms with Gasteiger partial charge in [0.05, 0.1) is 6.04 Å². The van der Waals surface area contributed by atoms with Crippen molar-refractivity contribution in [3.05, 3.63) is 29.8 Å². The van der Waals surface area contributed by atoms with E-state index in [1.807, 2.05) is 6.92 Å². The standard InChI is InChI=1S/C11H16N2O3/c1-2-10(13-16-7-11(12)15)8-3-5-9(14)6-4-8/h3-6,10,13-14H,2,7H2,1H3,(H2,12,15). The summed E-state index contributed by atoms with van der Waals surface area (Å²) in [6.07, 6.45) is 0.795. The van der Waals surface area contributed by atoms with Crippen molar-refractivity contribution in [1.29, 1.82) is 0 Å². The molecule has 0 aromatic heterocycles. The number of hydrogen-bond donors (Lipinski definition) is 3. The van der Waals surface area contributed by atoms with Crippen LogP contribution >= 0.6 is 0 Å². The van der Waals surface area contributed by atoms with Crippen molar-refractivity contribution in [1.82, 2.24) is 5.48 Å². The zero-order chi connectivity index (χ0) is 12.0. The van der Waals surface area contributed by atoms with E-state index in [0.29, 0.717) is 0 Å². The van der Waals surface area contributed by atoms with Crippen molar-refractivity contribution in [2.75, 3.05) is 6.61 Å². The molecule has 0 aliphatic heterocycles. The molecule has 0 spiro atoms. The van der Waals surface area contributed by atoms with Crippen LogP contribution in [-0.2, 0) is 9.63 Å². The number of benzene rings is 1. The lowest BCUT2D eigenvalue weighted by atomic mass is 10.1. The van der Waals surface area contributed by atoms with Gasteiger partial charge in [-0.3, -0.25) is 9.63 Å². The average Bonchev–Trinajstić information content (AvgIpc) is 2.26. The molecular weight excluding hydrogens is 208 g/mol. The van der Waals surface area contributed by atoms with Crippen molar-refractivity contribution in [3.63, 3.8) is 0 Å². The second-order valence-corrected chi connectivity index (χ2v) is 3.43. The third-order valence-corrected chi connectivity index (χ3v) is 2.14. The maximum atomic E-state index is 10.5. The molecule has 1 aromatic rings. The lowest BCUT2D eigenvalue weighted by molar-refractivity contribution is -0.126. The van der Waals surface area contributed by atoms with Crippen LogP contribution in [0, 0.1) is 0 Å². The predicted molar refractivity (Wildman–Crippen MR) is 59.4 cm³/mol. The molecule has 1 atom stereocenters. The average molecular weight is 224 g/mol. The van der Waals surface area contributed by atoms with Gasteiger partial charge in [-0.1, -0.05) is 19.1 Å². The van der Waals surface area contributed by atoms with E-state index in [1.165, 1.54) is 0 Å². The molecule has 0 aliphatic rings. The van der Waals surface area contributed by atoms with Crippen molar-refractivity contribution >= 4 is 5.91 Å². The maximum Gasteiger partial charge on any atom is 0.245 e. The van der Waals surface area contributed by atoms with Crippen molar-refractivity contribution in [3.8, 4) is 5.75 Å². The van der Waals surface area contributed by atoms with E-state index in [9.17, 15) is 4.79 Å². The van der Waals surface area contributed by atoms with Crippen LogP contribution < -0.4 is 11.2 Å². The molecule has 16 heavy (non-hydrogen) atoms. The Morgan fingerprint density at radius 3 is 2.62 bits per heavy atom. The Balaban J connectivity index is 2.53. The van der Waals surface area contributed by atoms with Gasteiger partial charge in [-0.15, -0.1) is 0 Å². The summed E-state index contributed by atoms with van der Waals surface area (Å²) in [6, 6.07) is 6.77. The SMILES string of the molecule is CCC(NOCC(N)=O)c1ccc(O)cc1. The molecule has 0 radical (unpaired) electrons. The largest absolute Gasteiger partial charge is 0.508 e. The zero-order valence-electron chi connectivity index (χ0n) is 9.14. The van der Waals surface area contributed by atoms with Crippen molar-refractivity contribution in [2.45, 2.75) is 19.4 Å². The Morgan fingerprint density at radius 1 is 1.50 bits per heavy atom. The molecule has 0 saturated heterocycles. The fourth-order valence-corrected chi connectivity index (χ4v) is 1.31. The molecule has 1 aromatic carbocycles. The molecule has 1 unspecified atom stereocenters. The van der Waals surface area contributed by atoms with E-state index in [-0.39, 0.29) is 18.4 Å². The molecule has 5 heteroatoms. The quantitative estimate of drug-likeness (QED) is 0.625. The van der Waals surface area contributed by atoms with Crippen LogP contribution in [0.3, 0.4) is 0 Å². The highest BCUT2D eigenvalue weighted by molar-refractivity contribution is 5.74. The first kappa shape index (κ1) is 12.5. The molecule has 0 aliphatic carbocycles. The Bertz CT molecular complexity index is 338. The Morgan fingerprint density at radius 2 is 2.12 bits per heavy atom. The third-order valence-electron chi connectivity index (χ3n) is 2.14. The molecule has 1 rings (SSSR count). The van der Waals surface area contributed by atoms with E-state index < -0.39 is 5.91 Å². The summed E-state index contributed by atoms with van der Waals surface area (Å²) >= 11 is 0. The number of aromatic hydroxyl groups is 1. The van der Waals surface area contributed by atoms with Gasteiger partial charge in [0.15, 0.2) is 0 Å². The minimum atomic E-state index is -0.520. The number of hydrogen-bond acceptors (Lipinski definition) is 4. The number of phenolic OH excluding ortho intramolecular Hbond substituents is 1. The van der Waals surface area contributed by atoms with Gasteiger partial charge in [0.25, 0.3) is 0 Å². The summed E-state index contributed by atoms with van der Waals surface area (Å²) in [5, 5.41) is 9.15. The van der Waals surface area contributed by atoms with Crippen LogP contribution in [-0.4, -0.2) is 17.6 Å². The predicted octanol–water partition coefficient (Wildman–Crippen LogP) is 0.850. The second-order valence-electron chi connectivity index (χ2n) is 3.43. The molecule has 0 fully saturated rings. The number of nitrogens with two attached hydrogens (primary N) is 1.